The van der Waals surface area contributed by atoms with Crippen molar-refractivity contribution in [2.75, 3.05) is 23.7 Å². The molecule has 0 saturated carbocycles. The minimum atomic E-state index is -3.67. The van der Waals surface area contributed by atoms with Gasteiger partial charge in [0.2, 0.25) is 15.9 Å². The zero-order valence-corrected chi connectivity index (χ0v) is 18.6. The molecule has 2 aromatic carbocycles. The van der Waals surface area contributed by atoms with Gasteiger partial charge in [-0.15, -0.1) is 0 Å². The standard InChI is InChI=1S/C22H25N3O6S/c1-15(21(27)24-19-10-8-18(9-11-19)23-16(2)26)31-22(28)17-6-5-7-20(14-17)32(29,30)25-12-3-4-13-25/h5-11,14-15H,3-4,12-13H2,1-2H3,(H,23,26)(H,24,27)/t15-/m0/s1. The second-order valence-electron chi connectivity index (χ2n) is 7.43. The largest absolute Gasteiger partial charge is 0.449 e. The van der Waals surface area contributed by atoms with Crippen molar-refractivity contribution in [1.29, 1.82) is 0 Å². The molecule has 32 heavy (non-hydrogen) atoms. The third kappa shape index (κ3) is 5.71. The van der Waals surface area contributed by atoms with E-state index >= 15 is 0 Å². The molecule has 170 valence electrons. The highest BCUT2D eigenvalue weighted by molar-refractivity contribution is 7.89. The highest BCUT2D eigenvalue weighted by Gasteiger charge is 2.28. The molecule has 0 radical (unpaired) electrons. The van der Waals surface area contributed by atoms with Gasteiger partial charge in [-0.05, 0) is 62.2 Å². The second kappa shape index (κ2) is 9.92. The summed E-state index contributed by atoms with van der Waals surface area (Å²) in [6, 6.07) is 12.1. The van der Waals surface area contributed by atoms with E-state index in [0.29, 0.717) is 24.5 Å². The Hall–Kier alpha value is -3.24. The van der Waals surface area contributed by atoms with E-state index in [1.165, 1.54) is 42.4 Å². The van der Waals surface area contributed by atoms with Crippen molar-refractivity contribution >= 4 is 39.2 Å². The molecule has 1 aliphatic heterocycles. The average molecular weight is 460 g/mol. The van der Waals surface area contributed by atoms with Crippen LogP contribution in [0.4, 0.5) is 11.4 Å². The number of nitrogens with one attached hydrogen (secondary N) is 2. The van der Waals surface area contributed by atoms with E-state index in [1.807, 2.05) is 0 Å². The van der Waals surface area contributed by atoms with Crippen molar-refractivity contribution in [2.45, 2.75) is 37.7 Å². The minimum Gasteiger partial charge on any atom is -0.449 e. The summed E-state index contributed by atoms with van der Waals surface area (Å²) in [6.07, 6.45) is 0.504. The van der Waals surface area contributed by atoms with Gasteiger partial charge in [-0.25, -0.2) is 13.2 Å². The summed E-state index contributed by atoms with van der Waals surface area (Å²) >= 11 is 0. The van der Waals surface area contributed by atoms with Gasteiger partial charge in [0.15, 0.2) is 6.10 Å². The number of sulfonamides is 1. The second-order valence-corrected chi connectivity index (χ2v) is 9.37. The molecule has 1 atom stereocenters. The number of rotatable bonds is 7. The molecular formula is C22H25N3O6S. The molecule has 2 amide bonds. The van der Waals surface area contributed by atoms with Crippen molar-refractivity contribution in [3.63, 3.8) is 0 Å². The first-order valence-electron chi connectivity index (χ1n) is 10.2. The molecule has 0 aliphatic carbocycles. The number of carbonyl (C=O) groups excluding carboxylic acids is 3. The topological polar surface area (TPSA) is 122 Å². The Balaban J connectivity index is 1.62. The molecule has 0 spiro atoms. The maximum atomic E-state index is 12.7. The van der Waals surface area contributed by atoms with Gasteiger partial charge in [0.1, 0.15) is 0 Å². The molecule has 1 heterocycles. The highest BCUT2D eigenvalue weighted by atomic mass is 32.2. The average Bonchev–Trinajstić information content (AvgIpc) is 3.30. The molecule has 3 rings (SSSR count). The van der Waals surface area contributed by atoms with E-state index in [0.717, 1.165) is 12.8 Å². The highest BCUT2D eigenvalue weighted by Crippen LogP contribution is 2.22. The Bertz CT molecular complexity index is 1110. The summed E-state index contributed by atoms with van der Waals surface area (Å²) in [5.74, 6) is -1.56. The first-order valence-corrected chi connectivity index (χ1v) is 11.6. The molecule has 1 saturated heterocycles. The number of ether oxygens (including phenoxy) is 1. The number of esters is 1. The lowest BCUT2D eigenvalue weighted by atomic mass is 10.2. The fourth-order valence-corrected chi connectivity index (χ4v) is 4.79. The Labute approximate surface area is 186 Å². The predicted octanol–water partition coefficient (Wildman–Crippen LogP) is 2.61. The Morgan fingerprint density at radius 3 is 2.16 bits per heavy atom. The summed E-state index contributed by atoms with van der Waals surface area (Å²) in [4.78, 5) is 36.0. The number of carbonyl (C=O) groups is 3. The normalized spacial score (nSPS) is 15.1. The van der Waals surface area contributed by atoms with E-state index < -0.39 is 28.0 Å². The predicted molar refractivity (Wildman–Crippen MR) is 119 cm³/mol. The fraction of sp³-hybridized carbons (Fsp3) is 0.318. The van der Waals surface area contributed by atoms with Crippen LogP contribution in [-0.2, 0) is 24.3 Å². The molecule has 0 unspecified atom stereocenters. The number of benzene rings is 2. The van der Waals surface area contributed by atoms with Gasteiger partial charge in [0.25, 0.3) is 5.91 Å². The van der Waals surface area contributed by atoms with Crippen LogP contribution >= 0.6 is 0 Å². The smallest absolute Gasteiger partial charge is 0.338 e. The summed E-state index contributed by atoms with van der Waals surface area (Å²) in [6.45, 7) is 3.73. The molecule has 1 fully saturated rings. The first-order chi connectivity index (χ1) is 15.2. The van der Waals surface area contributed by atoms with Gasteiger partial charge < -0.3 is 15.4 Å². The summed E-state index contributed by atoms with van der Waals surface area (Å²) in [5, 5.41) is 5.24. The Morgan fingerprint density at radius 2 is 1.56 bits per heavy atom. The summed E-state index contributed by atoms with van der Waals surface area (Å²) < 4.78 is 32.0. The van der Waals surface area contributed by atoms with E-state index in [9.17, 15) is 22.8 Å². The van der Waals surface area contributed by atoms with Crippen LogP contribution in [0.15, 0.2) is 53.4 Å². The van der Waals surface area contributed by atoms with Crippen LogP contribution in [0.5, 0.6) is 0 Å². The van der Waals surface area contributed by atoms with Gasteiger partial charge in [-0.3, -0.25) is 9.59 Å². The molecule has 1 aliphatic rings. The lowest BCUT2D eigenvalue weighted by Crippen LogP contribution is -2.30. The molecule has 0 aromatic heterocycles. The zero-order valence-electron chi connectivity index (χ0n) is 17.8. The summed E-state index contributed by atoms with van der Waals surface area (Å²) in [7, 11) is -3.67. The van der Waals surface area contributed by atoms with E-state index in [-0.39, 0.29) is 16.4 Å². The van der Waals surface area contributed by atoms with Crippen molar-refractivity contribution in [2.24, 2.45) is 0 Å². The SMILES string of the molecule is CC(=O)Nc1ccc(NC(=O)[C@H](C)OC(=O)c2cccc(S(=O)(=O)N3CCCC3)c2)cc1. The van der Waals surface area contributed by atoms with Crippen LogP contribution in [0.2, 0.25) is 0 Å². The lowest BCUT2D eigenvalue weighted by Gasteiger charge is -2.16. The van der Waals surface area contributed by atoms with Gasteiger partial charge in [0, 0.05) is 31.4 Å². The maximum Gasteiger partial charge on any atom is 0.338 e. The van der Waals surface area contributed by atoms with Crippen molar-refractivity contribution in [1.82, 2.24) is 4.31 Å². The van der Waals surface area contributed by atoms with Crippen LogP contribution in [0, 0.1) is 0 Å². The molecule has 2 N–H and O–H groups in total. The van der Waals surface area contributed by atoms with E-state index in [1.54, 1.807) is 24.3 Å². The van der Waals surface area contributed by atoms with Gasteiger partial charge in [0.05, 0.1) is 10.5 Å². The number of amides is 2. The molecule has 2 aromatic rings. The zero-order chi connectivity index (χ0) is 23.3. The van der Waals surface area contributed by atoms with E-state index in [2.05, 4.69) is 10.6 Å². The van der Waals surface area contributed by atoms with Crippen LogP contribution in [0.1, 0.15) is 37.0 Å². The van der Waals surface area contributed by atoms with Crippen molar-refractivity contribution in [3.8, 4) is 0 Å². The summed E-state index contributed by atoms with van der Waals surface area (Å²) in [5.41, 5.74) is 1.09. The monoisotopic (exact) mass is 459 g/mol. The molecule has 10 heteroatoms. The number of anilines is 2. The van der Waals surface area contributed by atoms with Crippen LogP contribution in [0.25, 0.3) is 0 Å². The third-order valence-corrected chi connectivity index (χ3v) is 6.79. The number of hydrogen-bond donors (Lipinski definition) is 2. The van der Waals surface area contributed by atoms with Crippen molar-refractivity contribution in [3.05, 3.63) is 54.1 Å². The fourth-order valence-electron chi connectivity index (χ4n) is 3.23. The maximum absolute atomic E-state index is 12.7. The van der Waals surface area contributed by atoms with E-state index in [4.69, 9.17) is 4.74 Å². The minimum absolute atomic E-state index is 0.0187. The molecule has 9 nitrogen and oxygen atoms in total. The Kier molecular flexibility index (Phi) is 7.26. The first kappa shape index (κ1) is 23.4. The van der Waals surface area contributed by atoms with Gasteiger partial charge in [-0.1, -0.05) is 6.07 Å². The van der Waals surface area contributed by atoms with Crippen LogP contribution in [0.3, 0.4) is 0 Å². The Morgan fingerprint density at radius 1 is 0.969 bits per heavy atom. The number of nitrogens with zero attached hydrogens (tertiary/aromatic N) is 1. The molecule has 0 bridgehead atoms. The van der Waals surface area contributed by atoms with Crippen molar-refractivity contribution < 1.29 is 27.5 Å². The van der Waals surface area contributed by atoms with Crippen LogP contribution in [-0.4, -0.2) is 49.7 Å². The van der Waals surface area contributed by atoms with Gasteiger partial charge in [-0.2, -0.15) is 4.31 Å². The van der Waals surface area contributed by atoms with Gasteiger partial charge >= 0.3 is 5.97 Å². The lowest BCUT2D eigenvalue weighted by molar-refractivity contribution is -0.123. The third-order valence-electron chi connectivity index (χ3n) is 4.90. The number of hydrogen-bond acceptors (Lipinski definition) is 6. The molecular weight excluding hydrogens is 434 g/mol. The quantitative estimate of drug-likeness (QED) is 0.614. The van der Waals surface area contributed by atoms with Crippen LogP contribution < -0.4 is 10.6 Å².